The molecule has 0 radical (unpaired) electrons. The Morgan fingerprint density at radius 3 is 2.52 bits per heavy atom. The Morgan fingerprint density at radius 1 is 1.14 bits per heavy atom. The van der Waals surface area contributed by atoms with E-state index in [1.54, 1.807) is 0 Å². The highest BCUT2D eigenvalue weighted by molar-refractivity contribution is 5.78. The van der Waals surface area contributed by atoms with Crippen molar-refractivity contribution in [3.8, 4) is 5.75 Å². The summed E-state index contributed by atoms with van der Waals surface area (Å²) in [6.07, 6.45) is 1.70. The summed E-state index contributed by atoms with van der Waals surface area (Å²) in [5.41, 5.74) is 2.29. The molecule has 1 fully saturated rings. The van der Waals surface area contributed by atoms with Crippen LogP contribution in [0.2, 0.25) is 0 Å². The maximum absolute atomic E-state index is 13.0. The highest BCUT2D eigenvalue weighted by atomic mass is 19.1. The molecule has 0 spiro atoms. The minimum atomic E-state index is -0.208. The van der Waals surface area contributed by atoms with Crippen molar-refractivity contribution >= 4 is 5.91 Å². The number of amides is 1. The standard InChI is InChI=1S/C24H31FN2O2/c1-18(2)22-5-3-4-6-23(22)29-16-13-26-24(28)20-11-14-27(15-12-20)17-19-7-9-21(25)10-8-19/h3-10,18,20H,11-17H2,1-2H3,(H,26,28). The minimum Gasteiger partial charge on any atom is -0.491 e. The fourth-order valence-electron chi connectivity index (χ4n) is 3.77. The summed E-state index contributed by atoms with van der Waals surface area (Å²) >= 11 is 0. The van der Waals surface area contributed by atoms with Crippen molar-refractivity contribution in [2.24, 2.45) is 5.92 Å². The van der Waals surface area contributed by atoms with Crippen molar-refractivity contribution in [3.05, 3.63) is 65.5 Å². The fraction of sp³-hybridized carbons (Fsp3) is 0.458. The number of rotatable bonds is 8. The number of halogens is 1. The molecule has 0 aromatic heterocycles. The predicted molar refractivity (Wildman–Crippen MR) is 113 cm³/mol. The number of hydrogen-bond donors (Lipinski definition) is 1. The van der Waals surface area contributed by atoms with Crippen molar-refractivity contribution in [2.75, 3.05) is 26.2 Å². The summed E-state index contributed by atoms with van der Waals surface area (Å²) in [7, 11) is 0. The zero-order valence-electron chi connectivity index (χ0n) is 17.4. The second-order valence-electron chi connectivity index (χ2n) is 8.01. The molecule has 0 bridgehead atoms. The van der Waals surface area contributed by atoms with Gasteiger partial charge in [-0.1, -0.05) is 44.2 Å². The van der Waals surface area contributed by atoms with Crippen molar-refractivity contribution in [3.63, 3.8) is 0 Å². The third-order valence-corrected chi connectivity index (χ3v) is 5.48. The van der Waals surface area contributed by atoms with Gasteiger partial charge in [0, 0.05) is 12.5 Å². The first kappa shape index (κ1) is 21.3. The van der Waals surface area contributed by atoms with E-state index in [2.05, 4.69) is 30.1 Å². The quantitative estimate of drug-likeness (QED) is 0.672. The molecular formula is C24H31FN2O2. The number of nitrogens with zero attached hydrogens (tertiary/aromatic N) is 1. The summed E-state index contributed by atoms with van der Waals surface area (Å²) in [6.45, 7) is 7.85. The van der Waals surface area contributed by atoms with Crippen LogP contribution >= 0.6 is 0 Å². The zero-order chi connectivity index (χ0) is 20.6. The van der Waals surface area contributed by atoms with Crippen molar-refractivity contribution in [2.45, 2.75) is 39.2 Å². The topological polar surface area (TPSA) is 41.6 Å². The molecule has 3 rings (SSSR count). The molecule has 1 N–H and O–H groups in total. The molecule has 1 heterocycles. The number of likely N-dealkylation sites (tertiary alicyclic amines) is 1. The van der Waals surface area contributed by atoms with Crippen LogP contribution in [0.4, 0.5) is 4.39 Å². The molecule has 0 saturated carbocycles. The predicted octanol–water partition coefficient (Wildman–Crippen LogP) is 4.36. The van der Waals surface area contributed by atoms with E-state index in [0.717, 1.165) is 43.8 Å². The van der Waals surface area contributed by atoms with Gasteiger partial charge in [-0.3, -0.25) is 9.69 Å². The van der Waals surface area contributed by atoms with Gasteiger partial charge in [-0.15, -0.1) is 0 Å². The smallest absolute Gasteiger partial charge is 0.223 e. The van der Waals surface area contributed by atoms with Crippen LogP contribution in [0.15, 0.2) is 48.5 Å². The Balaban J connectivity index is 1.36. The van der Waals surface area contributed by atoms with Crippen LogP contribution in [0.1, 0.15) is 43.7 Å². The third-order valence-electron chi connectivity index (χ3n) is 5.48. The third kappa shape index (κ3) is 6.29. The van der Waals surface area contributed by atoms with E-state index in [0.29, 0.717) is 19.1 Å². The number of piperidine rings is 1. The molecule has 1 amide bonds. The van der Waals surface area contributed by atoms with Gasteiger partial charge in [0.1, 0.15) is 18.2 Å². The second-order valence-corrected chi connectivity index (χ2v) is 8.01. The number of benzene rings is 2. The molecule has 1 saturated heterocycles. The Kier molecular flexibility index (Phi) is 7.64. The van der Waals surface area contributed by atoms with E-state index >= 15 is 0 Å². The Bertz CT molecular complexity index is 784. The van der Waals surface area contributed by atoms with Gasteiger partial charge in [0.2, 0.25) is 5.91 Å². The van der Waals surface area contributed by atoms with Crippen molar-refractivity contribution in [1.82, 2.24) is 10.2 Å². The van der Waals surface area contributed by atoms with Crippen LogP contribution < -0.4 is 10.1 Å². The Labute approximate surface area is 173 Å². The van der Waals surface area contributed by atoms with Crippen molar-refractivity contribution < 1.29 is 13.9 Å². The van der Waals surface area contributed by atoms with Gasteiger partial charge >= 0.3 is 0 Å². The molecule has 1 aliphatic rings. The highest BCUT2D eigenvalue weighted by Gasteiger charge is 2.24. The van der Waals surface area contributed by atoms with Gasteiger partial charge in [0.05, 0.1) is 6.54 Å². The van der Waals surface area contributed by atoms with Gasteiger partial charge in [-0.05, 0) is 61.2 Å². The van der Waals surface area contributed by atoms with Crippen LogP contribution in [-0.4, -0.2) is 37.0 Å². The van der Waals surface area contributed by atoms with E-state index in [9.17, 15) is 9.18 Å². The first-order chi connectivity index (χ1) is 14.0. The number of nitrogens with one attached hydrogen (secondary N) is 1. The van der Waals surface area contributed by atoms with Crippen LogP contribution in [0.5, 0.6) is 5.75 Å². The van der Waals surface area contributed by atoms with Crippen molar-refractivity contribution in [1.29, 1.82) is 0 Å². The van der Waals surface area contributed by atoms with Crippen LogP contribution in [0.3, 0.4) is 0 Å². The molecule has 0 atom stereocenters. The lowest BCUT2D eigenvalue weighted by Gasteiger charge is -2.31. The number of ether oxygens (including phenoxy) is 1. The lowest BCUT2D eigenvalue weighted by Crippen LogP contribution is -2.41. The van der Waals surface area contributed by atoms with E-state index in [-0.39, 0.29) is 17.6 Å². The summed E-state index contributed by atoms with van der Waals surface area (Å²) in [6, 6.07) is 14.7. The second kappa shape index (κ2) is 10.4. The van der Waals surface area contributed by atoms with E-state index in [1.807, 2.05) is 30.3 Å². The molecule has 29 heavy (non-hydrogen) atoms. The Morgan fingerprint density at radius 2 is 1.83 bits per heavy atom. The van der Waals surface area contributed by atoms with E-state index in [1.165, 1.54) is 17.7 Å². The van der Waals surface area contributed by atoms with E-state index in [4.69, 9.17) is 4.74 Å². The first-order valence-corrected chi connectivity index (χ1v) is 10.5. The summed E-state index contributed by atoms with van der Waals surface area (Å²) < 4.78 is 18.9. The molecule has 2 aromatic rings. The zero-order valence-corrected chi connectivity index (χ0v) is 17.4. The molecule has 4 nitrogen and oxygen atoms in total. The van der Waals surface area contributed by atoms with Gasteiger partial charge in [0.25, 0.3) is 0 Å². The van der Waals surface area contributed by atoms with Crippen LogP contribution in [0, 0.1) is 11.7 Å². The summed E-state index contributed by atoms with van der Waals surface area (Å²) in [5, 5.41) is 3.02. The molecule has 156 valence electrons. The fourth-order valence-corrected chi connectivity index (χ4v) is 3.77. The lowest BCUT2D eigenvalue weighted by molar-refractivity contribution is -0.126. The normalized spacial score (nSPS) is 15.4. The van der Waals surface area contributed by atoms with Crippen LogP contribution in [0.25, 0.3) is 0 Å². The van der Waals surface area contributed by atoms with Gasteiger partial charge in [0.15, 0.2) is 0 Å². The molecule has 0 unspecified atom stereocenters. The monoisotopic (exact) mass is 398 g/mol. The maximum atomic E-state index is 13.0. The number of carbonyl (C=O) groups excluding carboxylic acids is 1. The average molecular weight is 399 g/mol. The number of hydrogen-bond acceptors (Lipinski definition) is 3. The molecule has 2 aromatic carbocycles. The highest BCUT2D eigenvalue weighted by Crippen LogP contribution is 2.25. The summed E-state index contributed by atoms with van der Waals surface area (Å²) in [4.78, 5) is 14.8. The van der Waals surface area contributed by atoms with E-state index < -0.39 is 0 Å². The molecule has 5 heteroatoms. The van der Waals surface area contributed by atoms with Gasteiger partial charge in [-0.25, -0.2) is 4.39 Å². The number of carbonyl (C=O) groups is 1. The molecular weight excluding hydrogens is 367 g/mol. The maximum Gasteiger partial charge on any atom is 0.223 e. The SMILES string of the molecule is CC(C)c1ccccc1OCCNC(=O)C1CCN(Cc2ccc(F)cc2)CC1. The van der Waals surface area contributed by atoms with Crippen LogP contribution in [-0.2, 0) is 11.3 Å². The van der Waals surface area contributed by atoms with Gasteiger partial charge < -0.3 is 10.1 Å². The Hall–Kier alpha value is -2.40. The lowest BCUT2D eigenvalue weighted by atomic mass is 9.95. The molecule has 0 aliphatic carbocycles. The molecule has 1 aliphatic heterocycles. The number of para-hydroxylation sites is 1. The van der Waals surface area contributed by atoms with Gasteiger partial charge in [-0.2, -0.15) is 0 Å². The minimum absolute atomic E-state index is 0.0578. The first-order valence-electron chi connectivity index (χ1n) is 10.5. The average Bonchev–Trinajstić information content (AvgIpc) is 2.73. The summed E-state index contributed by atoms with van der Waals surface area (Å²) in [5.74, 6) is 1.27. The largest absolute Gasteiger partial charge is 0.491 e.